The molecule has 116 valence electrons. The second-order valence-corrected chi connectivity index (χ2v) is 6.27. The fourth-order valence-electron chi connectivity index (χ4n) is 2.67. The van der Waals surface area contributed by atoms with Gasteiger partial charge in [0.1, 0.15) is 0 Å². The summed E-state index contributed by atoms with van der Waals surface area (Å²) in [5, 5.41) is 3.59. The molecular weight excluding hydrogens is 288 g/mol. The first-order chi connectivity index (χ1) is 9.86. The second-order valence-electron chi connectivity index (χ2n) is 5.84. The summed E-state index contributed by atoms with van der Waals surface area (Å²) >= 11 is 5.99. The molecule has 1 aliphatic rings. The Balaban J connectivity index is 2.04. The molecule has 1 amide bonds. The molecule has 0 bridgehead atoms. The van der Waals surface area contributed by atoms with Gasteiger partial charge in [0.2, 0.25) is 5.91 Å². The Morgan fingerprint density at radius 1 is 1.38 bits per heavy atom. The molecule has 1 fully saturated rings. The molecule has 1 saturated heterocycles. The molecular formula is C16H23ClN2O2. The molecule has 5 heteroatoms. The van der Waals surface area contributed by atoms with Crippen LogP contribution in [0.1, 0.15) is 26.3 Å². The van der Waals surface area contributed by atoms with Gasteiger partial charge in [0.15, 0.2) is 0 Å². The number of rotatable bonds is 3. The minimum absolute atomic E-state index is 0.0123. The average molecular weight is 311 g/mol. The number of ether oxygens (including phenoxy) is 1. The summed E-state index contributed by atoms with van der Waals surface area (Å²) < 4.78 is 5.71. The van der Waals surface area contributed by atoms with Gasteiger partial charge in [-0.15, -0.1) is 0 Å². The van der Waals surface area contributed by atoms with Crippen molar-refractivity contribution in [1.82, 2.24) is 4.90 Å². The van der Waals surface area contributed by atoms with Gasteiger partial charge in [-0.2, -0.15) is 0 Å². The van der Waals surface area contributed by atoms with Crippen LogP contribution in [0.5, 0.6) is 0 Å². The molecule has 0 saturated carbocycles. The normalized spacial score (nSPS) is 24.6. The van der Waals surface area contributed by atoms with Crippen LogP contribution in [-0.4, -0.2) is 42.1 Å². The van der Waals surface area contributed by atoms with E-state index in [1.807, 2.05) is 39.8 Å². The van der Waals surface area contributed by atoms with Gasteiger partial charge in [-0.1, -0.05) is 17.7 Å². The summed E-state index contributed by atoms with van der Waals surface area (Å²) in [6.07, 6.45) is 0.300. The number of amides is 1. The van der Waals surface area contributed by atoms with E-state index in [0.29, 0.717) is 5.02 Å². The van der Waals surface area contributed by atoms with Crippen LogP contribution in [0.2, 0.25) is 5.02 Å². The van der Waals surface area contributed by atoms with Crippen molar-refractivity contribution < 1.29 is 9.53 Å². The Hall–Kier alpha value is -1.10. The van der Waals surface area contributed by atoms with Crippen LogP contribution in [0, 0.1) is 6.92 Å². The van der Waals surface area contributed by atoms with E-state index in [4.69, 9.17) is 16.3 Å². The Kier molecular flexibility index (Phi) is 5.25. The van der Waals surface area contributed by atoms with Gasteiger partial charge in [0, 0.05) is 23.8 Å². The molecule has 0 unspecified atom stereocenters. The second kappa shape index (κ2) is 6.77. The van der Waals surface area contributed by atoms with Gasteiger partial charge in [-0.25, -0.2) is 0 Å². The van der Waals surface area contributed by atoms with Gasteiger partial charge in [-0.05, 0) is 45.4 Å². The van der Waals surface area contributed by atoms with Crippen LogP contribution in [0.4, 0.5) is 5.69 Å². The summed E-state index contributed by atoms with van der Waals surface area (Å²) in [6, 6.07) is 5.31. The molecule has 1 aliphatic heterocycles. The lowest BCUT2D eigenvalue weighted by Gasteiger charge is -2.38. The number of hydrogen-bond acceptors (Lipinski definition) is 3. The first-order valence-corrected chi connectivity index (χ1v) is 7.71. The van der Waals surface area contributed by atoms with Crippen molar-refractivity contribution in [2.24, 2.45) is 0 Å². The summed E-state index contributed by atoms with van der Waals surface area (Å²) in [5.74, 6) is -0.0123. The monoisotopic (exact) mass is 310 g/mol. The molecule has 21 heavy (non-hydrogen) atoms. The molecule has 4 nitrogen and oxygen atoms in total. The standard InChI is InChI=1S/C16H23ClN2O2/c1-10-5-6-14(17)7-15(10)18-16(20)13(4)19-8-11(2)21-12(3)9-19/h5-7,11-13H,8-9H2,1-4H3,(H,18,20)/t11-,12-,13+/m1/s1. The van der Waals surface area contributed by atoms with Crippen LogP contribution in [-0.2, 0) is 9.53 Å². The molecule has 0 aliphatic carbocycles. The van der Waals surface area contributed by atoms with E-state index in [-0.39, 0.29) is 24.2 Å². The maximum absolute atomic E-state index is 12.5. The quantitative estimate of drug-likeness (QED) is 0.933. The van der Waals surface area contributed by atoms with Gasteiger partial charge >= 0.3 is 0 Å². The Morgan fingerprint density at radius 3 is 2.62 bits per heavy atom. The molecule has 3 atom stereocenters. The van der Waals surface area contributed by atoms with Gasteiger partial charge in [0.25, 0.3) is 0 Å². The molecule has 1 N–H and O–H groups in total. The van der Waals surface area contributed by atoms with Crippen molar-refractivity contribution in [3.63, 3.8) is 0 Å². The SMILES string of the molecule is Cc1ccc(Cl)cc1NC(=O)[C@H](C)N1C[C@@H](C)O[C@H](C)C1. The third-order valence-electron chi connectivity index (χ3n) is 3.83. The maximum Gasteiger partial charge on any atom is 0.241 e. The van der Waals surface area contributed by atoms with E-state index >= 15 is 0 Å². The van der Waals surface area contributed by atoms with E-state index in [2.05, 4.69) is 10.2 Å². The van der Waals surface area contributed by atoms with E-state index in [9.17, 15) is 4.79 Å². The molecule has 0 aromatic heterocycles. The van der Waals surface area contributed by atoms with Crippen molar-refractivity contribution in [2.75, 3.05) is 18.4 Å². The van der Waals surface area contributed by atoms with E-state index < -0.39 is 0 Å². The smallest absolute Gasteiger partial charge is 0.241 e. The largest absolute Gasteiger partial charge is 0.373 e. The number of halogens is 1. The van der Waals surface area contributed by atoms with Crippen LogP contribution in [0.15, 0.2) is 18.2 Å². The predicted octanol–water partition coefficient (Wildman–Crippen LogP) is 3.08. The summed E-state index contributed by atoms with van der Waals surface area (Å²) in [6.45, 7) is 9.50. The zero-order valence-electron chi connectivity index (χ0n) is 13.0. The summed E-state index contributed by atoms with van der Waals surface area (Å²) in [7, 11) is 0. The first kappa shape index (κ1) is 16.3. The predicted molar refractivity (Wildman–Crippen MR) is 85.9 cm³/mol. The Labute approximate surface area is 131 Å². The number of anilines is 1. The summed E-state index contributed by atoms with van der Waals surface area (Å²) in [4.78, 5) is 14.6. The number of benzene rings is 1. The van der Waals surface area contributed by atoms with Crippen molar-refractivity contribution in [2.45, 2.75) is 45.9 Å². The molecule has 1 heterocycles. The average Bonchev–Trinajstić information content (AvgIpc) is 2.41. The number of carbonyl (C=O) groups excluding carboxylic acids is 1. The van der Waals surface area contributed by atoms with Crippen molar-refractivity contribution in [1.29, 1.82) is 0 Å². The highest BCUT2D eigenvalue weighted by molar-refractivity contribution is 6.31. The lowest BCUT2D eigenvalue weighted by atomic mass is 10.1. The fraction of sp³-hybridized carbons (Fsp3) is 0.562. The lowest BCUT2D eigenvalue weighted by molar-refractivity contribution is -0.126. The Morgan fingerprint density at radius 2 is 2.00 bits per heavy atom. The summed E-state index contributed by atoms with van der Waals surface area (Å²) in [5.41, 5.74) is 1.78. The number of aryl methyl sites for hydroxylation is 1. The van der Waals surface area contributed by atoms with Crippen LogP contribution in [0.3, 0.4) is 0 Å². The molecule has 0 spiro atoms. The number of hydrogen-bond donors (Lipinski definition) is 1. The van der Waals surface area contributed by atoms with E-state index in [1.165, 1.54) is 0 Å². The van der Waals surface area contributed by atoms with Gasteiger partial charge < -0.3 is 10.1 Å². The highest BCUT2D eigenvalue weighted by Gasteiger charge is 2.29. The third-order valence-corrected chi connectivity index (χ3v) is 4.07. The highest BCUT2D eigenvalue weighted by Crippen LogP contribution is 2.21. The third kappa shape index (κ3) is 4.19. The van der Waals surface area contributed by atoms with Crippen LogP contribution < -0.4 is 5.32 Å². The number of nitrogens with zero attached hydrogens (tertiary/aromatic N) is 1. The van der Waals surface area contributed by atoms with Crippen LogP contribution >= 0.6 is 11.6 Å². The number of morpholine rings is 1. The molecule has 1 aromatic carbocycles. The van der Waals surface area contributed by atoms with Crippen molar-refractivity contribution in [3.8, 4) is 0 Å². The Bertz CT molecular complexity index is 511. The van der Waals surface area contributed by atoms with Crippen molar-refractivity contribution in [3.05, 3.63) is 28.8 Å². The molecule has 0 radical (unpaired) electrons. The maximum atomic E-state index is 12.5. The van der Waals surface area contributed by atoms with Gasteiger partial charge in [-0.3, -0.25) is 9.69 Å². The molecule has 1 aromatic rings. The van der Waals surface area contributed by atoms with Crippen molar-refractivity contribution >= 4 is 23.2 Å². The first-order valence-electron chi connectivity index (χ1n) is 7.33. The lowest BCUT2D eigenvalue weighted by Crippen LogP contribution is -2.52. The fourth-order valence-corrected chi connectivity index (χ4v) is 2.84. The van der Waals surface area contributed by atoms with E-state index in [1.54, 1.807) is 6.07 Å². The zero-order valence-corrected chi connectivity index (χ0v) is 13.8. The number of nitrogens with one attached hydrogen (secondary N) is 1. The minimum Gasteiger partial charge on any atom is -0.373 e. The highest BCUT2D eigenvalue weighted by atomic mass is 35.5. The van der Waals surface area contributed by atoms with Crippen LogP contribution in [0.25, 0.3) is 0 Å². The zero-order chi connectivity index (χ0) is 15.6. The van der Waals surface area contributed by atoms with Gasteiger partial charge in [0.05, 0.1) is 18.2 Å². The van der Waals surface area contributed by atoms with E-state index in [0.717, 1.165) is 24.3 Å². The minimum atomic E-state index is -0.197. The molecule has 2 rings (SSSR count). The number of carbonyl (C=O) groups is 1. The topological polar surface area (TPSA) is 41.6 Å².